The number of ether oxygens (including phenoxy) is 1. The number of nitrogens with one attached hydrogen (secondary N) is 1. The van der Waals surface area contributed by atoms with Gasteiger partial charge in [-0.05, 0) is 80.6 Å². The van der Waals surface area contributed by atoms with Crippen LogP contribution in [0.3, 0.4) is 0 Å². The fourth-order valence-electron chi connectivity index (χ4n) is 6.16. The molecule has 3 aromatic rings. The fraction of sp³-hybridized carbons (Fsp3) is 0.536. The summed E-state index contributed by atoms with van der Waals surface area (Å²) in [6.07, 6.45) is -2.60. The van der Waals surface area contributed by atoms with Gasteiger partial charge in [0.05, 0.1) is 16.3 Å². The predicted octanol–water partition coefficient (Wildman–Crippen LogP) is 6.13. The molecule has 15 heteroatoms. The van der Waals surface area contributed by atoms with Crippen molar-refractivity contribution in [2.45, 2.75) is 83.0 Å². The van der Waals surface area contributed by atoms with Crippen LogP contribution in [0.15, 0.2) is 27.7 Å². The lowest BCUT2D eigenvalue weighted by Gasteiger charge is -2.40. The van der Waals surface area contributed by atoms with Crippen molar-refractivity contribution in [2.24, 2.45) is 0 Å². The maximum atomic E-state index is 14.0. The summed E-state index contributed by atoms with van der Waals surface area (Å²) in [5.41, 5.74) is -1.19. The van der Waals surface area contributed by atoms with E-state index in [0.29, 0.717) is 50.0 Å². The van der Waals surface area contributed by atoms with Crippen molar-refractivity contribution >= 4 is 51.0 Å². The summed E-state index contributed by atoms with van der Waals surface area (Å²) in [6, 6.07) is 2.69. The highest BCUT2D eigenvalue weighted by Crippen LogP contribution is 2.51. The van der Waals surface area contributed by atoms with Gasteiger partial charge in [-0.25, -0.2) is 4.79 Å². The number of amides is 2. The fourth-order valence-corrected chi connectivity index (χ4v) is 6.70. The molecule has 0 saturated carbocycles. The number of hydrogen-bond acceptors (Lipinski definition) is 6. The number of alkyl halides is 3. The highest BCUT2D eigenvalue weighted by Gasteiger charge is 2.50. The molecule has 0 bridgehead atoms. The van der Waals surface area contributed by atoms with Crippen LogP contribution in [0.2, 0.25) is 5.02 Å². The standard InChI is InChI=1S/C28H31BrClF3N6O4/c1-5-15-13-27(8-10-37(11-9-27)25(42)43-26(2,3)4)20-21(15)38(24-35-23(29)36-39(24)22(20)41)14-19(40)34-18-7-6-16(12-17(18)30)28(31,32)33/h6-7,12,15H,5,8-11,13-14H2,1-4H3,(H,34,40). The van der Waals surface area contributed by atoms with E-state index in [9.17, 15) is 27.6 Å². The molecular weight excluding hydrogens is 657 g/mol. The van der Waals surface area contributed by atoms with E-state index >= 15 is 0 Å². The number of carbonyl (C=O) groups is 2. The summed E-state index contributed by atoms with van der Waals surface area (Å²) in [7, 11) is 0. The van der Waals surface area contributed by atoms with Crippen LogP contribution >= 0.6 is 27.5 Å². The number of nitrogens with zero attached hydrogens (tertiary/aromatic N) is 5. The van der Waals surface area contributed by atoms with E-state index in [0.717, 1.165) is 18.2 Å². The molecule has 0 radical (unpaired) electrons. The van der Waals surface area contributed by atoms with Crippen molar-refractivity contribution < 1.29 is 27.5 Å². The van der Waals surface area contributed by atoms with Crippen molar-refractivity contribution in [1.29, 1.82) is 0 Å². The number of piperidine rings is 1. The molecule has 10 nitrogen and oxygen atoms in total. The van der Waals surface area contributed by atoms with E-state index in [1.807, 2.05) is 6.92 Å². The van der Waals surface area contributed by atoms with Gasteiger partial charge in [-0.1, -0.05) is 18.5 Å². The Balaban J connectivity index is 1.50. The van der Waals surface area contributed by atoms with E-state index in [1.165, 1.54) is 4.52 Å². The third-order valence-corrected chi connectivity index (χ3v) is 8.70. The van der Waals surface area contributed by atoms with Crippen LogP contribution in [0, 0.1) is 0 Å². The highest BCUT2D eigenvalue weighted by atomic mass is 79.9. The first-order chi connectivity index (χ1) is 20.0. The molecule has 1 atom stereocenters. The first kappa shape index (κ1) is 31.3. The van der Waals surface area contributed by atoms with Gasteiger partial charge in [-0.15, -0.1) is 5.10 Å². The van der Waals surface area contributed by atoms with Crippen LogP contribution in [0.1, 0.15) is 76.1 Å². The van der Waals surface area contributed by atoms with Crippen LogP contribution in [0.4, 0.5) is 23.7 Å². The second kappa shape index (κ2) is 11.1. The molecule has 1 unspecified atom stereocenters. The van der Waals surface area contributed by atoms with Gasteiger partial charge in [-0.3, -0.25) is 9.59 Å². The number of aromatic nitrogens is 4. The summed E-state index contributed by atoms with van der Waals surface area (Å²) < 4.78 is 47.8. The van der Waals surface area contributed by atoms with Gasteiger partial charge in [0.1, 0.15) is 12.1 Å². The largest absolute Gasteiger partial charge is 0.444 e. The topological polar surface area (TPSA) is 111 Å². The van der Waals surface area contributed by atoms with Crippen LogP contribution in [-0.4, -0.2) is 54.8 Å². The van der Waals surface area contributed by atoms with Gasteiger partial charge in [0.25, 0.3) is 5.56 Å². The molecule has 1 aliphatic carbocycles. The van der Waals surface area contributed by atoms with E-state index in [4.69, 9.17) is 16.3 Å². The van der Waals surface area contributed by atoms with Crippen LogP contribution < -0.4 is 10.9 Å². The summed E-state index contributed by atoms with van der Waals surface area (Å²) >= 11 is 9.31. The Morgan fingerprint density at radius 3 is 2.47 bits per heavy atom. The van der Waals surface area contributed by atoms with Gasteiger partial charge in [0.2, 0.25) is 16.4 Å². The van der Waals surface area contributed by atoms with Crippen LogP contribution in [0.5, 0.6) is 0 Å². The average molecular weight is 688 g/mol. The molecule has 2 aromatic heterocycles. The molecule has 2 amide bonds. The van der Waals surface area contributed by atoms with Gasteiger partial charge in [0, 0.05) is 35.7 Å². The number of fused-ring (bicyclic) bond motifs is 3. The zero-order valence-corrected chi connectivity index (χ0v) is 26.4. The smallest absolute Gasteiger partial charge is 0.416 e. The number of anilines is 1. The molecule has 1 N–H and O–H groups in total. The molecule has 1 spiro atoms. The lowest BCUT2D eigenvalue weighted by molar-refractivity contribution is -0.137. The molecule has 1 aliphatic heterocycles. The minimum Gasteiger partial charge on any atom is -0.444 e. The molecule has 1 aromatic carbocycles. The predicted molar refractivity (Wildman–Crippen MR) is 156 cm³/mol. The third-order valence-electron chi connectivity index (χ3n) is 8.05. The van der Waals surface area contributed by atoms with Gasteiger partial charge in [-0.2, -0.15) is 22.7 Å². The van der Waals surface area contributed by atoms with Crippen molar-refractivity contribution in [1.82, 2.24) is 24.1 Å². The van der Waals surface area contributed by atoms with E-state index in [2.05, 4.69) is 31.3 Å². The Bertz CT molecular complexity index is 1660. The highest BCUT2D eigenvalue weighted by molar-refractivity contribution is 9.10. The molecule has 3 heterocycles. The molecular formula is C28H31BrClF3N6O4. The molecule has 5 rings (SSSR count). The van der Waals surface area contributed by atoms with E-state index in [1.54, 1.807) is 30.2 Å². The minimum atomic E-state index is -4.58. The number of rotatable bonds is 4. The van der Waals surface area contributed by atoms with Crippen LogP contribution in [0.25, 0.3) is 5.78 Å². The number of likely N-dealkylation sites (tertiary alicyclic amines) is 1. The maximum absolute atomic E-state index is 14.0. The number of carbonyl (C=O) groups excluding carboxylic acids is 2. The number of halogens is 5. The average Bonchev–Trinajstić information content (AvgIpc) is 3.45. The third kappa shape index (κ3) is 6.00. The zero-order valence-electron chi connectivity index (χ0n) is 24.0. The molecule has 232 valence electrons. The normalized spacial score (nSPS) is 18.3. The molecule has 1 saturated heterocycles. The summed E-state index contributed by atoms with van der Waals surface area (Å²) in [5, 5.41) is 6.58. The summed E-state index contributed by atoms with van der Waals surface area (Å²) in [6.45, 7) is 7.94. The van der Waals surface area contributed by atoms with Crippen molar-refractivity contribution in [3.05, 3.63) is 55.1 Å². The maximum Gasteiger partial charge on any atom is 0.416 e. The Morgan fingerprint density at radius 2 is 1.88 bits per heavy atom. The molecule has 2 aliphatic rings. The first-order valence-electron chi connectivity index (χ1n) is 13.9. The lowest BCUT2D eigenvalue weighted by Crippen LogP contribution is -2.48. The summed E-state index contributed by atoms with van der Waals surface area (Å²) in [5.74, 6) is -0.492. The molecule has 1 fully saturated rings. The Hall–Kier alpha value is -3.13. The Labute approximate surface area is 258 Å². The molecule has 43 heavy (non-hydrogen) atoms. The number of benzene rings is 1. The minimum absolute atomic E-state index is 0.0223. The lowest BCUT2D eigenvalue weighted by atomic mass is 9.73. The van der Waals surface area contributed by atoms with Crippen molar-refractivity contribution in [3.63, 3.8) is 0 Å². The Morgan fingerprint density at radius 1 is 1.21 bits per heavy atom. The second-order valence-electron chi connectivity index (χ2n) is 12.0. The zero-order chi connectivity index (χ0) is 31.5. The van der Waals surface area contributed by atoms with E-state index in [-0.39, 0.29) is 39.2 Å². The van der Waals surface area contributed by atoms with Gasteiger partial charge >= 0.3 is 12.3 Å². The Kier molecular flexibility index (Phi) is 8.08. The second-order valence-corrected chi connectivity index (χ2v) is 13.2. The quantitative estimate of drug-likeness (QED) is 0.354. The van der Waals surface area contributed by atoms with Crippen LogP contribution in [-0.2, 0) is 27.7 Å². The number of hydrogen-bond donors (Lipinski definition) is 1. The summed E-state index contributed by atoms with van der Waals surface area (Å²) in [4.78, 5) is 46.1. The van der Waals surface area contributed by atoms with Crippen molar-refractivity contribution in [3.8, 4) is 0 Å². The monoisotopic (exact) mass is 686 g/mol. The van der Waals surface area contributed by atoms with Crippen molar-refractivity contribution in [2.75, 3.05) is 18.4 Å². The van der Waals surface area contributed by atoms with Gasteiger partial charge in [0.15, 0.2) is 0 Å². The van der Waals surface area contributed by atoms with Gasteiger partial charge < -0.3 is 19.5 Å². The first-order valence-corrected chi connectivity index (χ1v) is 15.0. The SMILES string of the molecule is CCC1CC2(CCN(C(=O)OC(C)(C)C)CC2)c2c1n(CC(=O)Nc1ccc(C(F)(F)F)cc1Cl)c1nc(Br)nn1c2=O. The van der Waals surface area contributed by atoms with E-state index < -0.39 is 34.8 Å².